The van der Waals surface area contributed by atoms with Gasteiger partial charge in [0.15, 0.2) is 0 Å². The van der Waals surface area contributed by atoms with E-state index >= 15 is 0 Å². The maximum Gasteiger partial charge on any atom is 0.416 e. The predicted molar refractivity (Wildman–Crippen MR) is 138 cm³/mol. The van der Waals surface area contributed by atoms with Gasteiger partial charge < -0.3 is 15.5 Å². The van der Waals surface area contributed by atoms with Crippen LogP contribution in [-0.4, -0.2) is 52.3 Å². The molecule has 0 heterocycles. The zero-order valence-corrected chi connectivity index (χ0v) is 22.1. The van der Waals surface area contributed by atoms with Crippen molar-refractivity contribution in [3.63, 3.8) is 0 Å². The third-order valence-corrected chi connectivity index (χ3v) is 6.87. The molecular formula is C27H37F3N2O3S. The Labute approximate surface area is 216 Å². The van der Waals surface area contributed by atoms with Crippen molar-refractivity contribution in [3.05, 3.63) is 65.2 Å². The molecule has 0 fully saturated rings. The van der Waals surface area contributed by atoms with Gasteiger partial charge in [0.25, 0.3) is 0 Å². The van der Waals surface area contributed by atoms with E-state index in [1.54, 1.807) is 24.3 Å². The van der Waals surface area contributed by atoms with Crippen LogP contribution in [0, 0.1) is 0 Å². The number of rotatable bonds is 14. The fourth-order valence-corrected chi connectivity index (χ4v) is 4.92. The Morgan fingerprint density at radius 3 is 2.42 bits per heavy atom. The number of nitrogens with one attached hydrogen (secondary N) is 1. The lowest BCUT2D eigenvalue weighted by molar-refractivity contribution is -0.138. The predicted octanol–water partition coefficient (Wildman–Crippen LogP) is 5.97. The number of aliphatic hydroxyl groups is 1. The van der Waals surface area contributed by atoms with Crippen LogP contribution in [0.1, 0.15) is 62.6 Å². The van der Waals surface area contributed by atoms with Crippen molar-refractivity contribution in [1.82, 2.24) is 9.62 Å². The molecular weight excluding hydrogens is 489 g/mol. The third kappa shape index (κ3) is 10.9. The van der Waals surface area contributed by atoms with Crippen LogP contribution in [0.4, 0.5) is 13.2 Å². The van der Waals surface area contributed by atoms with E-state index in [-0.39, 0.29) is 18.5 Å². The number of aliphatic carboxylic acids is 1. The molecule has 0 aliphatic rings. The van der Waals surface area contributed by atoms with E-state index in [9.17, 15) is 23.1 Å². The van der Waals surface area contributed by atoms with Crippen molar-refractivity contribution in [3.8, 4) is 0 Å². The van der Waals surface area contributed by atoms with Crippen LogP contribution < -0.4 is 5.32 Å². The molecule has 2 aromatic rings. The summed E-state index contributed by atoms with van der Waals surface area (Å²) in [7, 11) is 1.71. The monoisotopic (exact) mass is 526 g/mol. The molecule has 0 radical (unpaired) electrons. The van der Waals surface area contributed by atoms with Gasteiger partial charge in [0, 0.05) is 23.5 Å². The number of aryl methyl sites for hydroxylation is 1. The van der Waals surface area contributed by atoms with E-state index < -0.39 is 29.7 Å². The van der Waals surface area contributed by atoms with Gasteiger partial charge in [-0.2, -0.15) is 13.2 Å². The third-order valence-electron chi connectivity index (χ3n) is 5.96. The minimum absolute atomic E-state index is 0.169. The molecule has 0 saturated carbocycles. The van der Waals surface area contributed by atoms with Gasteiger partial charge in [-0.25, -0.2) is 4.31 Å². The Morgan fingerprint density at radius 1 is 1.14 bits per heavy atom. The van der Waals surface area contributed by atoms with E-state index in [1.165, 1.54) is 5.56 Å². The summed E-state index contributed by atoms with van der Waals surface area (Å²) in [5.41, 5.74) is 0.634. The van der Waals surface area contributed by atoms with Crippen LogP contribution in [0.2, 0.25) is 0 Å². The summed E-state index contributed by atoms with van der Waals surface area (Å²) in [5.74, 6) is -1.63. The number of carboxylic acids is 1. The zero-order valence-electron chi connectivity index (χ0n) is 21.3. The first-order chi connectivity index (χ1) is 16.7. The van der Waals surface area contributed by atoms with Crippen LogP contribution >= 0.6 is 11.9 Å². The summed E-state index contributed by atoms with van der Waals surface area (Å²) < 4.78 is 42.0. The molecule has 0 aliphatic carbocycles. The number of hydrogen-bond acceptors (Lipinski definition) is 5. The molecule has 0 aliphatic heterocycles. The van der Waals surface area contributed by atoms with Crippen molar-refractivity contribution >= 4 is 17.9 Å². The molecule has 0 spiro atoms. The minimum atomic E-state index is -4.54. The van der Waals surface area contributed by atoms with Crippen molar-refractivity contribution in [2.75, 3.05) is 20.1 Å². The Hall–Kier alpha value is -2.07. The summed E-state index contributed by atoms with van der Waals surface area (Å²) in [6, 6.07) is 13.9. The van der Waals surface area contributed by atoms with Crippen molar-refractivity contribution in [2.45, 2.75) is 75.1 Å². The largest absolute Gasteiger partial charge is 0.481 e. The first kappa shape index (κ1) is 30.2. The highest BCUT2D eigenvalue weighted by atomic mass is 32.2. The quantitative estimate of drug-likeness (QED) is 0.263. The van der Waals surface area contributed by atoms with E-state index in [1.807, 2.05) is 18.2 Å². The van der Waals surface area contributed by atoms with Gasteiger partial charge in [-0.3, -0.25) is 4.79 Å². The van der Waals surface area contributed by atoms with Gasteiger partial charge in [0.2, 0.25) is 0 Å². The zero-order chi connectivity index (χ0) is 26.9. The molecule has 5 nitrogen and oxygen atoms in total. The molecule has 0 saturated heterocycles. The van der Waals surface area contributed by atoms with Gasteiger partial charge in [0.1, 0.15) is 0 Å². The number of nitrogens with zero attached hydrogens (tertiary/aromatic N) is 1. The summed E-state index contributed by atoms with van der Waals surface area (Å²) in [6.07, 6.45) is -2.59. The highest BCUT2D eigenvalue weighted by molar-refractivity contribution is 7.97. The molecule has 9 heteroatoms. The maximum atomic E-state index is 13.4. The van der Waals surface area contributed by atoms with Gasteiger partial charge in [-0.1, -0.05) is 37.3 Å². The second-order valence-electron chi connectivity index (χ2n) is 9.95. The minimum Gasteiger partial charge on any atom is -0.481 e. The van der Waals surface area contributed by atoms with E-state index in [0.717, 1.165) is 43.3 Å². The number of aliphatic hydroxyl groups excluding tert-OH is 1. The Bertz CT molecular complexity index is 970. The number of β-amino-alcohol motifs (C(OH)–C–C–N with tert-alkyl or cyclic N) is 1. The number of alkyl halides is 3. The maximum absolute atomic E-state index is 13.4. The topological polar surface area (TPSA) is 72.8 Å². The average molecular weight is 527 g/mol. The summed E-state index contributed by atoms with van der Waals surface area (Å²) in [5, 5.41) is 22.9. The first-order valence-corrected chi connectivity index (χ1v) is 12.8. The smallest absolute Gasteiger partial charge is 0.416 e. The Kier molecular flexibility index (Phi) is 11.3. The number of hydrogen-bond donors (Lipinski definition) is 3. The SMILES string of the molecule is CC(CC(=O)O)c1cc(SN(C)C[C@H](O)CNC(C)(C)CCCc2ccccc2)cc(C(F)(F)F)c1. The van der Waals surface area contributed by atoms with Crippen molar-refractivity contribution < 1.29 is 28.2 Å². The number of likely N-dealkylation sites (N-methyl/N-ethyl adjacent to an activating group) is 1. The van der Waals surface area contributed by atoms with Gasteiger partial charge >= 0.3 is 12.1 Å². The normalized spacial score (nSPS) is 14.1. The molecule has 2 rings (SSSR count). The fourth-order valence-electron chi connectivity index (χ4n) is 3.94. The lowest BCUT2D eigenvalue weighted by Crippen LogP contribution is -2.45. The summed E-state index contributed by atoms with van der Waals surface area (Å²) >= 11 is 1.10. The second kappa shape index (κ2) is 13.5. The molecule has 3 N–H and O–H groups in total. The van der Waals surface area contributed by atoms with E-state index in [2.05, 4.69) is 31.3 Å². The first-order valence-electron chi connectivity index (χ1n) is 12.1. The van der Waals surface area contributed by atoms with Gasteiger partial charge in [-0.05, 0) is 87.3 Å². The molecule has 0 aromatic heterocycles. The van der Waals surface area contributed by atoms with Gasteiger partial charge in [-0.15, -0.1) is 0 Å². The number of benzene rings is 2. The van der Waals surface area contributed by atoms with Crippen LogP contribution in [0.5, 0.6) is 0 Å². The summed E-state index contributed by atoms with van der Waals surface area (Å²) in [6.45, 7) is 6.37. The molecule has 1 unspecified atom stereocenters. The van der Waals surface area contributed by atoms with Crippen LogP contribution in [-0.2, 0) is 17.4 Å². The van der Waals surface area contributed by atoms with E-state index in [0.29, 0.717) is 17.0 Å². The number of carbonyl (C=O) groups is 1. The van der Waals surface area contributed by atoms with Crippen LogP contribution in [0.15, 0.2) is 53.4 Å². The molecule has 36 heavy (non-hydrogen) atoms. The van der Waals surface area contributed by atoms with E-state index in [4.69, 9.17) is 5.11 Å². The molecule has 0 amide bonds. The second-order valence-corrected chi connectivity index (χ2v) is 11.2. The van der Waals surface area contributed by atoms with Crippen LogP contribution in [0.3, 0.4) is 0 Å². The lowest BCUT2D eigenvalue weighted by atomic mass is 9.95. The van der Waals surface area contributed by atoms with Crippen molar-refractivity contribution in [1.29, 1.82) is 0 Å². The van der Waals surface area contributed by atoms with Crippen molar-refractivity contribution in [2.24, 2.45) is 0 Å². The molecule has 0 bridgehead atoms. The highest BCUT2D eigenvalue weighted by Gasteiger charge is 2.32. The lowest BCUT2D eigenvalue weighted by Gasteiger charge is -2.29. The Morgan fingerprint density at radius 2 is 1.81 bits per heavy atom. The summed E-state index contributed by atoms with van der Waals surface area (Å²) in [4.78, 5) is 11.4. The molecule has 200 valence electrons. The average Bonchev–Trinajstić information content (AvgIpc) is 2.77. The fraction of sp³-hybridized carbons (Fsp3) is 0.519. The van der Waals surface area contributed by atoms with Gasteiger partial charge in [0.05, 0.1) is 18.1 Å². The molecule has 2 atom stereocenters. The Balaban J connectivity index is 1.90. The standard InChI is InChI=1S/C27H37F3N2O3S/c1-19(13-25(34)35)21-14-22(27(28,29)30)16-24(15-21)36-32(4)18-23(33)17-31-26(2,3)12-8-11-20-9-6-5-7-10-20/h5-7,9-10,14-16,19,23,31,33H,8,11-13,17-18H2,1-4H3,(H,34,35)/t19?,23-/m1/s1. The number of halogens is 3. The number of carboxylic acid groups (broad SMARTS) is 1. The van der Waals surface area contributed by atoms with Crippen LogP contribution in [0.25, 0.3) is 0 Å². The highest BCUT2D eigenvalue weighted by Crippen LogP contribution is 2.36. The molecule has 2 aromatic carbocycles.